The van der Waals surface area contributed by atoms with Crippen molar-refractivity contribution in [3.63, 3.8) is 0 Å². The molecule has 1 aromatic heterocycles. The fourth-order valence-electron chi connectivity index (χ4n) is 0.532. The maximum Gasteiger partial charge on any atom is 0.249 e. The first kappa shape index (κ1) is 7.53. The second-order valence-corrected chi connectivity index (χ2v) is 1.93. The van der Waals surface area contributed by atoms with Crippen LogP contribution in [0.2, 0.25) is 0 Å². The molecule has 58 valence electrons. The molecule has 0 fully saturated rings. The van der Waals surface area contributed by atoms with E-state index in [4.69, 9.17) is 4.84 Å². The summed E-state index contributed by atoms with van der Waals surface area (Å²) in [6, 6.07) is 5.18. The number of carbonyl (C=O) groups is 1. The van der Waals surface area contributed by atoms with Crippen molar-refractivity contribution >= 4 is 5.91 Å². The minimum absolute atomic E-state index is 0.254. The van der Waals surface area contributed by atoms with Crippen LogP contribution in [0.1, 0.15) is 6.92 Å². The first-order chi connectivity index (χ1) is 5.29. The zero-order valence-electron chi connectivity index (χ0n) is 6.07. The van der Waals surface area contributed by atoms with Gasteiger partial charge in [0.2, 0.25) is 11.8 Å². The summed E-state index contributed by atoms with van der Waals surface area (Å²) in [4.78, 5) is 18.9. The van der Waals surface area contributed by atoms with Crippen molar-refractivity contribution in [2.24, 2.45) is 0 Å². The molecule has 0 atom stereocenters. The summed E-state index contributed by atoms with van der Waals surface area (Å²) in [6.07, 6.45) is 1.58. The largest absolute Gasteiger partial charge is 0.359 e. The minimum atomic E-state index is -0.254. The van der Waals surface area contributed by atoms with Crippen molar-refractivity contribution in [2.75, 3.05) is 0 Å². The summed E-state index contributed by atoms with van der Waals surface area (Å²) < 4.78 is 0. The highest BCUT2D eigenvalue weighted by molar-refractivity contribution is 5.71. The van der Waals surface area contributed by atoms with Gasteiger partial charge in [-0.1, -0.05) is 6.07 Å². The van der Waals surface area contributed by atoms with Gasteiger partial charge in [-0.2, -0.15) is 5.48 Å². The molecule has 1 heterocycles. The predicted octanol–water partition coefficient (Wildman–Crippen LogP) is 0.512. The van der Waals surface area contributed by atoms with Gasteiger partial charge in [0, 0.05) is 19.2 Å². The molecule has 0 aromatic carbocycles. The number of hydrogen-bond donors (Lipinski definition) is 1. The predicted molar refractivity (Wildman–Crippen MR) is 38.7 cm³/mol. The normalized spacial score (nSPS) is 8.82. The molecule has 1 aromatic rings. The summed E-state index contributed by atoms with van der Waals surface area (Å²) in [5.41, 5.74) is 2.16. The molecule has 11 heavy (non-hydrogen) atoms. The second kappa shape index (κ2) is 3.55. The van der Waals surface area contributed by atoms with Gasteiger partial charge in [0.1, 0.15) is 0 Å². The Hall–Kier alpha value is -1.58. The number of nitrogens with one attached hydrogen (secondary N) is 1. The van der Waals surface area contributed by atoms with Gasteiger partial charge in [0.05, 0.1) is 0 Å². The van der Waals surface area contributed by atoms with Gasteiger partial charge >= 0.3 is 0 Å². The molecule has 4 heteroatoms. The van der Waals surface area contributed by atoms with Crippen LogP contribution in [0.4, 0.5) is 0 Å². The first-order valence-corrected chi connectivity index (χ1v) is 3.13. The van der Waals surface area contributed by atoms with Gasteiger partial charge in [0.25, 0.3) is 0 Å². The van der Waals surface area contributed by atoms with Gasteiger partial charge < -0.3 is 4.84 Å². The smallest absolute Gasteiger partial charge is 0.249 e. The van der Waals surface area contributed by atoms with Crippen LogP contribution >= 0.6 is 0 Å². The van der Waals surface area contributed by atoms with E-state index < -0.39 is 0 Å². The molecule has 0 unspecified atom stereocenters. The zero-order valence-corrected chi connectivity index (χ0v) is 6.07. The van der Waals surface area contributed by atoms with Crippen LogP contribution in [-0.2, 0) is 4.79 Å². The molecule has 0 bridgehead atoms. The Morgan fingerprint density at radius 1 is 1.64 bits per heavy atom. The Labute approximate surface area is 64.2 Å². The van der Waals surface area contributed by atoms with E-state index in [2.05, 4.69) is 10.5 Å². The number of carbonyl (C=O) groups excluding carboxylic acids is 1. The Morgan fingerprint density at radius 2 is 2.45 bits per heavy atom. The number of rotatable bonds is 2. The topological polar surface area (TPSA) is 51.2 Å². The van der Waals surface area contributed by atoms with E-state index in [1.807, 2.05) is 0 Å². The highest BCUT2D eigenvalue weighted by Gasteiger charge is 1.92. The number of nitrogens with zero attached hydrogens (tertiary/aromatic N) is 1. The molecule has 4 nitrogen and oxygen atoms in total. The van der Waals surface area contributed by atoms with E-state index in [0.29, 0.717) is 5.88 Å². The lowest BCUT2D eigenvalue weighted by Crippen LogP contribution is -2.24. The second-order valence-electron chi connectivity index (χ2n) is 1.93. The molecule has 0 saturated carbocycles. The van der Waals surface area contributed by atoms with Gasteiger partial charge in [-0.3, -0.25) is 4.79 Å². The Bertz CT molecular complexity index is 235. The van der Waals surface area contributed by atoms with Crippen LogP contribution in [-0.4, -0.2) is 10.9 Å². The van der Waals surface area contributed by atoms with Crippen LogP contribution < -0.4 is 10.3 Å². The molecular formula is C7H8N2O2. The lowest BCUT2D eigenvalue weighted by atomic mass is 10.5. The number of amides is 1. The van der Waals surface area contributed by atoms with Crippen LogP contribution in [0.5, 0.6) is 5.88 Å². The summed E-state index contributed by atoms with van der Waals surface area (Å²) in [5, 5.41) is 0. The molecule has 1 N–H and O–H groups in total. The Balaban J connectivity index is 2.45. The number of aromatic nitrogens is 1. The maximum atomic E-state index is 10.4. The number of pyridine rings is 1. The fourth-order valence-corrected chi connectivity index (χ4v) is 0.532. The molecular weight excluding hydrogens is 144 g/mol. The standard InChI is InChI=1S/C7H8N2O2/c1-6(10)9-11-7-4-2-3-5-8-7/h2-5H,1H3,(H,9,10). The molecule has 1 amide bonds. The summed E-state index contributed by atoms with van der Waals surface area (Å²) in [7, 11) is 0. The number of hydroxylamine groups is 1. The maximum absolute atomic E-state index is 10.4. The highest BCUT2D eigenvalue weighted by atomic mass is 16.7. The summed E-state index contributed by atoms with van der Waals surface area (Å²) in [6.45, 7) is 1.36. The van der Waals surface area contributed by atoms with Crippen molar-refractivity contribution < 1.29 is 9.63 Å². The van der Waals surface area contributed by atoms with Gasteiger partial charge in [0.15, 0.2) is 0 Å². The van der Waals surface area contributed by atoms with Gasteiger partial charge in [-0.25, -0.2) is 4.98 Å². The lowest BCUT2D eigenvalue weighted by Gasteiger charge is -2.01. The highest BCUT2D eigenvalue weighted by Crippen LogP contribution is 2.00. The van der Waals surface area contributed by atoms with Gasteiger partial charge in [-0.05, 0) is 6.07 Å². The van der Waals surface area contributed by atoms with Crippen LogP contribution in [0, 0.1) is 0 Å². The van der Waals surface area contributed by atoms with E-state index in [0.717, 1.165) is 0 Å². The molecule has 0 radical (unpaired) electrons. The van der Waals surface area contributed by atoms with Crippen molar-refractivity contribution in [2.45, 2.75) is 6.92 Å². The third-order valence-electron chi connectivity index (χ3n) is 0.937. The first-order valence-electron chi connectivity index (χ1n) is 3.13. The monoisotopic (exact) mass is 152 g/mol. The molecule has 0 aliphatic rings. The minimum Gasteiger partial charge on any atom is -0.359 e. The molecule has 0 spiro atoms. The van der Waals surface area contributed by atoms with E-state index in [9.17, 15) is 4.79 Å². The van der Waals surface area contributed by atoms with Crippen molar-refractivity contribution in [3.05, 3.63) is 24.4 Å². The third kappa shape index (κ3) is 2.66. The van der Waals surface area contributed by atoms with Gasteiger partial charge in [-0.15, -0.1) is 0 Å². The van der Waals surface area contributed by atoms with Crippen LogP contribution in [0.25, 0.3) is 0 Å². The average molecular weight is 152 g/mol. The quantitative estimate of drug-likeness (QED) is 0.628. The van der Waals surface area contributed by atoms with E-state index in [1.54, 1.807) is 24.4 Å². The van der Waals surface area contributed by atoms with Crippen molar-refractivity contribution in [1.29, 1.82) is 0 Å². The van der Waals surface area contributed by atoms with Crippen LogP contribution in [0.15, 0.2) is 24.4 Å². The fraction of sp³-hybridized carbons (Fsp3) is 0.143. The third-order valence-corrected chi connectivity index (χ3v) is 0.937. The van der Waals surface area contributed by atoms with Crippen molar-refractivity contribution in [3.8, 4) is 5.88 Å². The molecule has 0 aliphatic carbocycles. The average Bonchev–Trinajstić information content (AvgIpc) is 2.03. The zero-order chi connectivity index (χ0) is 8.10. The summed E-state index contributed by atoms with van der Waals surface area (Å²) >= 11 is 0. The summed E-state index contributed by atoms with van der Waals surface area (Å²) in [5.74, 6) is 0.123. The molecule has 0 aliphatic heterocycles. The van der Waals surface area contributed by atoms with E-state index >= 15 is 0 Å². The van der Waals surface area contributed by atoms with E-state index in [-0.39, 0.29) is 5.91 Å². The SMILES string of the molecule is CC(=O)NOc1ccccn1. The van der Waals surface area contributed by atoms with Crippen molar-refractivity contribution in [1.82, 2.24) is 10.5 Å². The molecule has 1 rings (SSSR count). The Kier molecular flexibility index (Phi) is 2.43. The molecule has 0 saturated heterocycles. The Morgan fingerprint density at radius 3 is 3.00 bits per heavy atom. The number of hydrogen-bond acceptors (Lipinski definition) is 3. The lowest BCUT2D eigenvalue weighted by molar-refractivity contribution is -0.125. The van der Waals surface area contributed by atoms with E-state index in [1.165, 1.54) is 6.92 Å². The van der Waals surface area contributed by atoms with Crippen LogP contribution in [0.3, 0.4) is 0 Å².